The number of allylic oxidation sites excluding steroid dienone is 1. The molecule has 1 fully saturated rings. The van der Waals surface area contributed by atoms with Crippen LogP contribution in [0.3, 0.4) is 0 Å². The van der Waals surface area contributed by atoms with Gasteiger partial charge in [-0.3, -0.25) is 0 Å². The minimum absolute atomic E-state index is 0.616. The summed E-state index contributed by atoms with van der Waals surface area (Å²) in [6.07, 6.45) is 0. The summed E-state index contributed by atoms with van der Waals surface area (Å²) in [5, 5.41) is 3.38. The van der Waals surface area contributed by atoms with Crippen molar-refractivity contribution in [1.29, 1.82) is 0 Å². The molecule has 0 unspecified atom stereocenters. The molecule has 1 N–H and O–H groups in total. The monoisotopic (exact) mass is 140 g/mol. The van der Waals surface area contributed by atoms with Gasteiger partial charge in [0.15, 0.2) is 0 Å². The van der Waals surface area contributed by atoms with Crippen molar-refractivity contribution in [2.45, 2.75) is 19.9 Å². The zero-order chi connectivity index (χ0) is 7.56. The van der Waals surface area contributed by atoms with Gasteiger partial charge in [0.1, 0.15) is 0 Å². The first kappa shape index (κ1) is 7.61. The second kappa shape index (κ2) is 3.06. The van der Waals surface area contributed by atoms with Gasteiger partial charge in [0.2, 0.25) is 0 Å². The molecule has 1 heterocycles. The summed E-state index contributed by atoms with van der Waals surface area (Å²) < 4.78 is 0. The van der Waals surface area contributed by atoms with E-state index in [1.54, 1.807) is 0 Å². The van der Waals surface area contributed by atoms with Gasteiger partial charge in [-0.05, 0) is 13.8 Å². The molecule has 58 valence electrons. The number of nitrogens with zero attached hydrogens (tertiary/aromatic N) is 1. The van der Waals surface area contributed by atoms with Gasteiger partial charge in [-0.1, -0.05) is 6.58 Å². The van der Waals surface area contributed by atoms with Gasteiger partial charge >= 0.3 is 0 Å². The summed E-state index contributed by atoms with van der Waals surface area (Å²) in [5.41, 5.74) is 1.19. The lowest BCUT2D eigenvalue weighted by molar-refractivity contribution is 0.257. The molecular formula is C8H16N2. The van der Waals surface area contributed by atoms with Crippen LogP contribution in [0.2, 0.25) is 0 Å². The molecule has 0 saturated carbocycles. The Bertz CT molecular complexity index is 131. The van der Waals surface area contributed by atoms with Crippen molar-refractivity contribution < 1.29 is 0 Å². The third-order valence-corrected chi connectivity index (χ3v) is 1.91. The van der Waals surface area contributed by atoms with Crippen molar-refractivity contribution in [2.24, 2.45) is 0 Å². The summed E-state index contributed by atoms with van der Waals surface area (Å²) in [5.74, 6) is 0. The van der Waals surface area contributed by atoms with Crippen molar-refractivity contribution in [3.8, 4) is 0 Å². The van der Waals surface area contributed by atoms with Crippen LogP contribution in [0.4, 0.5) is 0 Å². The Balaban J connectivity index is 2.39. The molecule has 1 aliphatic rings. The van der Waals surface area contributed by atoms with E-state index in [1.807, 2.05) is 0 Å². The maximum atomic E-state index is 3.91. The zero-order valence-corrected chi connectivity index (χ0v) is 6.85. The summed E-state index contributed by atoms with van der Waals surface area (Å²) in [6, 6.07) is 0.616. The Kier molecular flexibility index (Phi) is 2.33. The number of hydrogen-bond donors (Lipinski definition) is 1. The molecule has 1 rings (SSSR count). The number of hydrogen-bond acceptors (Lipinski definition) is 2. The summed E-state index contributed by atoms with van der Waals surface area (Å²) in [4.78, 5) is 2.32. The molecule has 0 aromatic carbocycles. The molecule has 0 radical (unpaired) electrons. The van der Waals surface area contributed by atoms with Gasteiger partial charge in [-0.2, -0.15) is 0 Å². The van der Waals surface area contributed by atoms with Crippen LogP contribution in [0.1, 0.15) is 13.8 Å². The van der Waals surface area contributed by atoms with E-state index in [0.29, 0.717) is 6.04 Å². The first-order valence-corrected chi connectivity index (χ1v) is 3.84. The molecule has 0 aromatic heterocycles. The molecule has 2 heteroatoms. The second-order valence-electron chi connectivity index (χ2n) is 3.04. The zero-order valence-electron chi connectivity index (χ0n) is 6.85. The standard InChI is InChI=1S/C8H16N2/c1-7(2)10-5-4-9-8(3)6-10/h8-9H,1,4-6H2,2-3H3/t8-/m0/s1. The van der Waals surface area contributed by atoms with Gasteiger partial charge in [-0.15, -0.1) is 0 Å². The predicted octanol–water partition coefficient (Wildman–Crippen LogP) is 0.814. The second-order valence-corrected chi connectivity index (χ2v) is 3.04. The maximum Gasteiger partial charge on any atom is 0.0326 e. The van der Waals surface area contributed by atoms with Crippen LogP contribution in [-0.4, -0.2) is 30.6 Å². The highest BCUT2D eigenvalue weighted by molar-refractivity contribution is 4.92. The van der Waals surface area contributed by atoms with E-state index >= 15 is 0 Å². The van der Waals surface area contributed by atoms with E-state index in [2.05, 4.69) is 30.6 Å². The van der Waals surface area contributed by atoms with Crippen LogP contribution in [0, 0.1) is 0 Å². The van der Waals surface area contributed by atoms with E-state index in [9.17, 15) is 0 Å². The third-order valence-electron chi connectivity index (χ3n) is 1.91. The fourth-order valence-corrected chi connectivity index (χ4v) is 1.28. The quantitative estimate of drug-likeness (QED) is 0.580. The highest BCUT2D eigenvalue weighted by Crippen LogP contribution is 2.04. The average Bonchev–Trinajstić information content (AvgIpc) is 1.88. The van der Waals surface area contributed by atoms with Gasteiger partial charge < -0.3 is 10.2 Å². The minimum atomic E-state index is 0.616. The summed E-state index contributed by atoms with van der Waals surface area (Å²) in [7, 11) is 0. The van der Waals surface area contributed by atoms with Crippen molar-refractivity contribution in [3.05, 3.63) is 12.3 Å². The first-order chi connectivity index (χ1) is 4.70. The lowest BCUT2D eigenvalue weighted by Crippen LogP contribution is -2.48. The minimum Gasteiger partial charge on any atom is -0.373 e. The molecule has 1 saturated heterocycles. The van der Waals surface area contributed by atoms with Crippen molar-refractivity contribution in [1.82, 2.24) is 10.2 Å². The largest absolute Gasteiger partial charge is 0.373 e. The van der Waals surface area contributed by atoms with Crippen LogP contribution in [-0.2, 0) is 0 Å². The summed E-state index contributed by atoms with van der Waals surface area (Å²) in [6.45, 7) is 11.5. The van der Waals surface area contributed by atoms with E-state index in [0.717, 1.165) is 19.6 Å². The molecule has 0 aliphatic carbocycles. The van der Waals surface area contributed by atoms with Crippen molar-refractivity contribution in [3.63, 3.8) is 0 Å². The molecule has 0 spiro atoms. The van der Waals surface area contributed by atoms with E-state index < -0.39 is 0 Å². The van der Waals surface area contributed by atoms with Gasteiger partial charge in [0, 0.05) is 31.4 Å². The molecule has 1 aliphatic heterocycles. The Morgan fingerprint density at radius 2 is 2.40 bits per heavy atom. The first-order valence-electron chi connectivity index (χ1n) is 3.84. The van der Waals surface area contributed by atoms with Crippen LogP contribution in [0.15, 0.2) is 12.3 Å². The Morgan fingerprint density at radius 3 is 2.80 bits per heavy atom. The van der Waals surface area contributed by atoms with Gasteiger partial charge in [0.05, 0.1) is 0 Å². The van der Waals surface area contributed by atoms with Crippen molar-refractivity contribution >= 4 is 0 Å². The molecule has 0 amide bonds. The lowest BCUT2D eigenvalue weighted by Gasteiger charge is -2.33. The van der Waals surface area contributed by atoms with Gasteiger partial charge in [0.25, 0.3) is 0 Å². The predicted molar refractivity (Wildman–Crippen MR) is 43.9 cm³/mol. The van der Waals surface area contributed by atoms with Crippen LogP contribution >= 0.6 is 0 Å². The smallest absolute Gasteiger partial charge is 0.0326 e. The topological polar surface area (TPSA) is 15.3 Å². The number of piperazine rings is 1. The molecule has 10 heavy (non-hydrogen) atoms. The molecule has 2 nitrogen and oxygen atoms in total. The maximum absolute atomic E-state index is 3.91. The molecule has 0 bridgehead atoms. The van der Waals surface area contributed by atoms with E-state index in [4.69, 9.17) is 0 Å². The SMILES string of the molecule is C=C(C)N1CCN[C@@H](C)C1. The number of rotatable bonds is 1. The van der Waals surface area contributed by atoms with E-state index in [-0.39, 0.29) is 0 Å². The van der Waals surface area contributed by atoms with Crippen LogP contribution in [0.25, 0.3) is 0 Å². The molecule has 0 aromatic rings. The van der Waals surface area contributed by atoms with Crippen LogP contribution in [0.5, 0.6) is 0 Å². The van der Waals surface area contributed by atoms with Crippen LogP contribution < -0.4 is 5.32 Å². The average molecular weight is 140 g/mol. The highest BCUT2D eigenvalue weighted by atomic mass is 15.2. The Labute approximate surface area is 62.9 Å². The Morgan fingerprint density at radius 1 is 1.70 bits per heavy atom. The fourth-order valence-electron chi connectivity index (χ4n) is 1.28. The van der Waals surface area contributed by atoms with E-state index in [1.165, 1.54) is 5.70 Å². The molecule has 1 atom stereocenters. The third kappa shape index (κ3) is 1.74. The molecular weight excluding hydrogens is 124 g/mol. The highest BCUT2D eigenvalue weighted by Gasteiger charge is 2.13. The summed E-state index contributed by atoms with van der Waals surface area (Å²) >= 11 is 0. The van der Waals surface area contributed by atoms with Gasteiger partial charge in [-0.25, -0.2) is 0 Å². The number of nitrogens with one attached hydrogen (secondary N) is 1. The van der Waals surface area contributed by atoms with Crippen molar-refractivity contribution in [2.75, 3.05) is 19.6 Å². The fraction of sp³-hybridized carbons (Fsp3) is 0.750. The lowest BCUT2D eigenvalue weighted by atomic mass is 10.2. The Hall–Kier alpha value is -0.500. The normalized spacial score (nSPS) is 26.6.